The van der Waals surface area contributed by atoms with Crippen LogP contribution in [0.25, 0.3) is 0 Å². The number of hydrogen-bond donors (Lipinski definition) is 1. The van der Waals surface area contributed by atoms with E-state index in [4.69, 9.17) is 14.2 Å². The first-order valence-corrected chi connectivity index (χ1v) is 8.77. The van der Waals surface area contributed by atoms with E-state index in [0.717, 1.165) is 0 Å². The van der Waals surface area contributed by atoms with Crippen LogP contribution < -0.4 is 14.2 Å². The lowest BCUT2D eigenvalue weighted by molar-refractivity contribution is 0.0526. The summed E-state index contributed by atoms with van der Waals surface area (Å²) in [6.45, 7) is 1.90. The van der Waals surface area contributed by atoms with E-state index in [-0.39, 0.29) is 28.6 Å². The first kappa shape index (κ1) is 18.5. The van der Waals surface area contributed by atoms with Crippen molar-refractivity contribution >= 4 is 21.8 Å². The summed E-state index contributed by atoms with van der Waals surface area (Å²) in [5.74, 6) is 0.124. The predicted octanol–water partition coefficient (Wildman–Crippen LogP) is 2.08. The standard InChI is InChI=1S/C16H18N2O6S/c1-4-24-16(19)11-7-8-17-15(9-11)18-25(20,21)12-5-6-13(22-2)14(10-12)23-3/h5-10H,4H2,1-3H3,(H,17,18). The van der Waals surface area contributed by atoms with E-state index in [9.17, 15) is 13.2 Å². The van der Waals surface area contributed by atoms with Gasteiger partial charge in [-0.3, -0.25) is 4.72 Å². The molecule has 1 heterocycles. The highest BCUT2D eigenvalue weighted by Gasteiger charge is 2.18. The highest BCUT2D eigenvalue weighted by atomic mass is 32.2. The van der Waals surface area contributed by atoms with Gasteiger partial charge in [0.15, 0.2) is 11.5 Å². The normalized spacial score (nSPS) is 10.8. The number of methoxy groups -OCH3 is 2. The number of rotatable bonds is 7. The Labute approximate surface area is 145 Å². The molecular weight excluding hydrogens is 348 g/mol. The van der Waals surface area contributed by atoms with E-state index >= 15 is 0 Å². The fourth-order valence-electron chi connectivity index (χ4n) is 2.01. The minimum absolute atomic E-state index is 0.000313. The first-order valence-electron chi connectivity index (χ1n) is 7.29. The zero-order valence-electron chi connectivity index (χ0n) is 14.0. The van der Waals surface area contributed by atoms with Crippen LogP contribution in [0.15, 0.2) is 41.4 Å². The fraction of sp³-hybridized carbons (Fsp3) is 0.250. The van der Waals surface area contributed by atoms with Gasteiger partial charge < -0.3 is 14.2 Å². The molecule has 134 valence electrons. The molecule has 0 amide bonds. The van der Waals surface area contributed by atoms with Crippen molar-refractivity contribution in [3.05, 3.63) is 42.1 Å². The smallest absolute Gasteiger partial charge is 0.338 e. The molecule has 1 N–H and O–H groups in total. The third kappa shape index (κ3) is 4.38. The maximum atomic E-state index is 12.5. The molecule has 0 saturated heterocycles. The Morgan fingerprint density at radius 1 is 1.12 bits per heavy atom. The highest BCUT2D eigenvalue weighted by molar-refractivity contribution is 7.92. The molecule has 0 spiro atoms. The van der Waals surface area contributed by atoms with Crippen LogP contribution >= 0.6 is 0 Å². The van der Waals surface area contributed by atoms with Gasteiger partial charge >= 0.3 is 5.97 Å². The molecule has 0 bridgehead atoms. The molecule has 2 rings (SSSR count). The summed E-state index contributed by atoms with van der Waals surface area (Å²) in [6, 6.07) is 6.92. The van der Waals surface area contributed by atoms with Gasteiger partial charge in [-0.05, 0) is 31.2 Å². The van der Waals surface area contributed by atoms with E-state index in [2.05, 4.69) is 9.71 Å². The molecule has 0 radical (unpaired) electrons. The number of nitrogens with one attached hydrogen (secondary N) is 1. The van der Waals surface area contributed by atoms with Crippen LogP contribution in [0.5, 0.6) is 11.5 Å². The summed E-state index contributed by atoms with van der Waals surface area (Å²) in [5.41, 5.74) is 0.196. The molecule has 0 atom stereocenters. The van der Waals surface area contributed by atoms with Gasteiger partial charge in [0.25, 0.3) is 10.0 Å². The molecule has 8 nitrogen and oxygen atoms in total. The Hall–Kier alpha value is -2.81. The second-order valence-corrected chi connectivity index (χ2v) is 6.45. The van der Waals surface area contributed by atoms with Crippen molar-refractivity contribution in [2.75, 3.05) is 25.5 Å². The molecule has 0 fully saturated rings. The summed E-state index contributed by atoms with van der Waals surface area (Å²) >= 11 is 0. The van der Waals surface area contributed by atoms with E-state index in [1.807, 2.05) is 0 Å². The number of aromatic nitrogens is 1. The monoisotopic (exact) mass is 366 g/mol. The molecule has 1 aromatic carbocycles. The number of ether oxygens (including phenoxy) is 3. The zero-order valence-corrected chi connectivity index (χ0v) is 14.8. The molecule has 0 aliphatic rings. The minimum Gasteiger partial charge on any atom is -0.493 e. The van der Waals surface area contributed by atoms with Crippen LogP contribution in [0.4, 0.5) is 5.82 Å². The fourth-order valence-corrected chi connectivity index (χ4v) is 3.02. The van der Waals surface area contributed by atoms with Crippen LogP contribution in [0.1, 0.15) is 17.3 Å². The van der Waals surface area contributed by atoms with Gasteiger partial charge in [0, 0.05) is 12.3 Å². The van der Waals surface area contributed by atoms with E-state index in [1.165, 1.54) is 50.7 Å². The second-order valence-electron chi connectivity index (χ2n) is 4.77. The average Bonchev–Trinajstić information content (AvgIpc) is 2.61. The van der Waals surface area contributed by atoms with Crippen molar-refractivity contribution in [2.24, 2.45) is 0 Å². The average molecular weight is 366 g/mol. The summed E-state index contributed by atoms with van der Waals surface area (Å²) < 4.78 is 42.4. The van der Waals surface area contributed by atoms with Crippen molar-refractivity contribution in [2.45, 2.75) is 11.8 Å². The molecule has 25 heavy (non-hydrogen) atoms. The number of benzene rings is 1. The Bertz CT molecular complexity index is 867. The molecule has 0 aliphatic heterocycles. The molecule has 1 aromatic heterocycles. The van der Waals surface area contributed by atoms with Gasteiger partial charge in [-0.25, -0.2) is 18.2 Å². The predicted molar refractivity (Wildman–Crippen MR) is 90.5 cm³/mol. The zero-order chi connectivity index (χ0) is 18.4. The second kappa shape index (κ2) is 7.84. The largest absolute Gasteiger partial charge is 0.493 e. The third-order valence-corrected chi connectivity index (χ3v) is 4.53. The summed E-state index contributed by atoms with van der Waals surface area (Å²) in [5, 5.41) is 0. The van der Waals surface area contributed by atoms with Crippen molar-refractivity contribution < 1.29 is 27.4 Å². The molecule has 0 aliphatic carbocycles. The maximum Gasteiger partial charge on any atom is 0.338 e. The Morgan fingerprint density at radius 2 is 1.84 bits per heavy atom. The van der Waals surface area contributed by atoms with Gasteiger partial charge in [-0.2, -0.15) is 0 Å². The Balaban J connectivity index is 2.30. The minimum atomic E-state index is -3.93. The summed E-state index contributed by atoms with van der Waals surface area (Å²) in [7, 11) is -1.06. The quantitative estimate of drug-likeness (QED) is 0.748. The number of carbonyl (C=O) groups excluding carboxylic acids is 1. The van der Waals surface area contributed by atoms with E-state index in [0.29, 0.717) is 5.75 Å². The number of nitrogens with zero attached hydrogens (tertiary/aromatic N) is 1. The third-order valence-electron chi connectivity index (χ3n) is 3.18. The van der Waals surface area contributed by atoms with Gasteiger partial charge in [-0.15, -0.1) is 0 Å². The van der Waals surface area contributed by atoms with Gasteiger partial charge in [0.05, 0.1) is 31.3 Å². The molecule has 2 aromatic rings. The molecule has 0 saturated carbocycles. The van der Waals surface area contributed by atoms with E-state index < -0.39 is 16.0 Å². The Morgan fingerprint density at radius 3 is 2.48 bits per heavy atom. The van der Waals surface area contributed by atoms with Crippen LogP contribution in [0.3, 0.4) is 0 Å². The van der Waals surface area contributed by atoms with Crippen molar-refractivity contribution in [3.8, 4) is 11.5 Å². The number of sulfonamides is 1. The lowest BCUT2D eigenvalue weighted by atomic mass is 10.3. The SMILES string of the molecule is CCOC(=O)c1ccnc(NS(=O)(=O)c2ccc(OC)c(OC)c2)c1. The van der Waals surface area contributed by atoms with Crippen LogP contribution in [-0.2, 0) is 14.8 Å². The first-order chi connectivity index (χ1) is 11.9. The number of pyridine rings is 1. The molecular formula is C16H18N2O6S. The van der Waals surface area contributed by atoms with Gasteiger partial charge in [0.1, 0.15) is 5.82 Å². The van der Waals surface area contributed by atoms with Gasteiger partial charge in [0.2, 0.25) is 0 Å². The van der Waals surface area contributed by atoms with Crippen molar-refractivity contribution in [1.82, 2.24) is 4.98 Å². The van der Waals surface area contributed by atoms with E-state index in [1.54, 1.807) is 6.92 Å². The topological polar surface area (TPSA) is 104 Å². The van der Waals surface area contributed by atoms with Crippen molar-refractivity contribution in [3.63, 3.8) is 0 Å². The number of anilines is 1. The molecule has 0 unspecified atom stereocenters. The lowest BCUT2D eigenvalue weighted by Gasteiger charge is -2.11. The summed E-state index contributed by atoms with van der Waals surface area (Å²) in [4.78, 5) is 15.6. The van der Waals surface area contributed by atoms with Crippen molar-refractivity contribution in [1.29, 1.82) is 0 Å². The van der Waals surface area contributed by atoms with Gasteiger partial charge in [-0.1, -0.05) is 0 Å². The Kier molecular flexibility index (Phi) is 5.81. The highest BCUT2D eigenvalue weighted by Crippen LogP contribution is 2.30. The maximum absolute atomic E-state index is 12.5. The van der Waals surface area contributed by atoms with Crippen LogP contribution in [0, 0.1) is 0 Å². The number of carbonyl (C=O) groups is 1. The number of esters is 1. The van der Waals surface area contributed by atoms with Crippen LogP contribution in [0.2, 0.25) is 0 Å². The lowest BCUT2D eigenvalue weighted by Crippen LogP contribution is -2.15. The molecule has 9 heteroatoms. The number of hydrogen-bond acceptors (Lipinski definition) is 7. The summed E-state index contributed by atoms with van der Waals surface area (Å²) in [6.07, 6.45) is 1.32. The van der Waals surface area contributed by atoms with Crippen LogP contribution in [-0.4, -0.2) is 40.2 Å².